The van der Waals surface area contributed by atoms with Crippen molar-refractivity contribution in [3.63, 3.8) is 0 Å². The molecule has 2 nitrogen and oxygen atoms in total. The standard InChI is InChI=1S/C12H18O2/c1-5-6-10-8-7-9(2)11(13-3)12(10)14-4/h7-8H,5-6H2,1-4H3. The van der Waals surface area contributed by atoms with Crippen LogP contribution in [0.3, 0.4) is 0 Å². The molecule has 0 aromatic heterocycles. The maximum absolute atomic E-state index is 5.38. The Morgan fingerprint density at radius 3 is 2.21 bits per heavy atom. The van der Waals surface area contributed by atoms with Gasteiger partial charge in [0.2, 0.25) is 0 Å². The second-order valence-electron chi connectivity index (χ2n) is 3.36. The number of rotatable bonds is 4. The fourth-order valence-corrected chi connectivity index (χ4v) is 1.65. The van der Waals surface area contributed by atoms with Gasteiger partial charge in [0.05, 0.1) is 14.2 Å². The fraction of sp³-hybridized carbons (Fsp3) is 0.500. The zero-order valence-electron chi connectivity index (χ0n) is 9.39. The molecule has 0 aliphatic rings. The number of methoxy groups -OCH3 is 2. The molecule has 0 N–H and O–H groups in total. The van der Waals surface area contributed by atoms with Crippen LogP contribution in [0.1, 0.15) is 24.5 Å². The first kappa shape index (κ1) is 10.9. The highest BCUT2D eigenvalue weighted by molar-refractivity contribution is 5.51. The van der Waals surface area contributed by atoms with Crippen molar-refractivity contribution in [2.24, 2.45) is 0 Å². The molecular weight excluding hydrogens is 176 g/mol. The molecule has 78 valence electrons. The molecule has 0 fully saturated rings. The molecule has 14 heavy (non-hydrogen) atoms. The minimum Gasteiger partial charge on any atom is -0.493 e. The monoisotopic (exact) mass is 194 g/mol. The molecule has 2 heteroatoms. The maximum atomic E-state index is 5.38. The van der Waals surface area contributed by atoms with E-state index in [-0.39, 0.29) is 0 Å². The van der Waals surface area contributed by atoms with E-state index < -0.39 is 0 Å². The van der Waals surface area contributed by atoms with Crippen LogP contribution in [0.25, 0.3) is 0 Å². The van der Waals surface area contributed by atoms with Gasteiger partial charge in [0.15, 0.2) is 11.5 Å². The van der Waals surface area contributed by atoms with Crippen LogP contribution >= 0.6 is 0 Å². The maximum Gasteiger partial charge on any atom is 0.164 e. The summed E-state index contributed by atoms with van der Waals surface area (Å²) in [6.45, 7) is 4.18. The second kappa shape index (κ2) is 4.89. The van der Waals surface area contributed by atoms with E-state index in [1.54, 1.807) is 14.2 Å². The molecule has 1 aromatic rings. The summed E-state index contributed by atoms with van der Waals surface area (Å²) in [5, 5.41) is 0. The van der Waals surface area contributed by atoms with Crippen LogP contribution in [0.5, 0.6) is 11.5 Å². The highest BCUT2D eigenvalue weighted by Gasteiger charge is 2.11. The lowest BCUT2D eigenvalue weighted by Crippen LogP contribution is -1.97. The van der Waals surface area contributed by atoms with E-state index in [2.05, 4.69) is 19.1 Å². The smallest absolute Gasteiger partial charge is 0.164 e. The van der Waals surface area contributed by atoms with Crippen molar-refractivity contribution in [1.29, 1.82) is 0 Å². The number of hydrogen-bond acceptors (Lipinski definition) is 2. The Kier molecular flexibility index (Phi) is 3.81. The summed E-state index contributed by atoms with van der Waals surface area (Å²) in [4.78, 5) is 0. The predicted octanol–water partition coefficient (Wildman–Crippen LogP) is 2.96. The number of benzene rings is 1. The van der Waals surface area contributed by atoms with Gasteiger partial charge in [0.1, 0.15) is 0 Å². The zero-order chi connectivity index (χ0) is 10.6. The molecular formula is C12H18O2. The summed E-state index contributed by atoms with van der Waals surface area (Å²) >= 11 is 0. The molecule has 0 saturated carbocycles. The van der Waals surface area contributed by atoms with E-state index in [0.29, 0.717) is 0 Å². The molecule has 0 radical (unpaired) electrons. The largest absolute Gasteiger partial charge is 0.493 e. The van der Waals surface area contributed by atoms with Gasteiger partial charge < -0.3 is 9.47 Å². The highest BCUT2D eigenvalue weighted by Crippen LogP contribution is 2.34. The molecule has 0 spiro atoms. The van der Waals surface area contributed by atoms with Gasteiger partial charge in [-0.2, -0.15) is 0 Å². The molecule has 0 unspecified atom stereocenters. The Labute approximate surface area is 85.8 Å². The van der Waals surface area contributed by atoms with Gasteiger partial charge >= 0.3 is 0 Å². The fourth-order valence-electron chi connectivity index (χ4n) is 1.65. The Morgan fingerprint density at radius 2 is 1.71 bits per heavy atom. The lowest BCUT2D eigenvalue weighted by Gasteiger charge is -2.14. The van der Waals surface area contributed by atoms with Crippen molar-refractivity contribution < 1.29 is 9.47 Å². The van der Waals surface area contributed by atoms with Crippen molar-refractivity contribution in [3.8, 4) is 11.5 Å². The van der Waals surface area contributed by atoms with Crippen LogP contribution < -0.4 is 9.47 Å². The minimum atomic E-state index is 0.860. The number of hydrogen-bond donors (Lipinski definition) is 0. The Balaban J connectivity index is 3.18. The van der Waals surface area contributed by atoms with Crippen molar-refractivity contribution >= 4 is 0 Å². The number of aryl methyl sites for hydroxylation is 2. The van der Waals surface area contributed by atoms with Gasteiger partial charge in [-0.1, -0.05) is 25.5 Å². The zero-order valence-corrected chi connectivity index (χ0v) is 9.39. The normalized spacial score (nSPS) is 10.0. The first-order chi connectivity index (χ1) is 6.74. The Hall–Kier alpha value is -1.18. The molecule has 0 bridgehead atoms. The van der Waals surface area contributed by atoms with Gasteiger partial charge in [-0.3, -0.25) is 0 Å². The lowest BCUT2D eigenvalue weighted by molar-refractivity contribution is 0.349. The summed E-state index contributed by atoms with van der Waals surface area (Å²) in [5.74, 6) is 1.74. The summed E-state index contributed by atoms with van der Waals surface area (Å²) in [5.41, 5.74) is 2.33. The first-order valence-corrected chi connectivity index (χ1v) is 4.95. The van der Waals surface area contributed by atoms with Gasteiger partial charge in [-0.25, -0.2) is 0 Å². The molecule has 1 aromatic carbocycles. The first-order valence-electron chi connectivity index (χ1n) is 4.95. The summed E-state index contributed by atoms with van der Waals surface area (Å²) < 4.78 is 10.7. The van der Waals surface area contributed by atoms with E-state index in [9.17, 15) is 0 Å². The summed E-state index contributed by atoms with van der Waals surface area (Å²) in [6.07, 6.45) is 2.14. The van der Waals surface area contributed by atoms with Gasteiger partial charge in [0.25, 0.3) is 0 Å². The van der Waals surface area contributed by atoms with Crippen molar-refractivity contribution in [2.45, 2.75) is 26.7 Å². The van der Waals surface area contributed by atoms with Crippen LogP contribution in [0.4, 0.5) is 0 Å². The third kappa shape index (κ3) is 2.00. The van der Waals surface area contributed by atoms with E-state index in [1.807, 2.05) is 6.92 Å². The molecule has 0 aliphatic carbocycles. The summed E-state index contributed by atoms with van der Waals surface area (Å²) in [7, 11) is 3.37. The third-order valence-electron chi connectivity index (χ3n) is 2.32. The van der Waals surface area contributed by atoms with Gasteiger partial charge in [-0.15, -0.1) is 0 Å². The average molecular weight is 194 g/mol. The molecule has 0 heterocycles. The molecule has 0 aliphatic heterocycles. The minimum absolute atomic E-state index is 0.860. The van der Waals surface area contributed by atoms with Crippen LogP contribution in [-0.2, 0) is 6.42 Å². The Bertz CT molecular complexity index is 305. The molecule has 0 atom stereocenters. The van der Waals surface area contributed by atoms with E-state index in [1.165, 1.54) is 5.56 Å². The van der Waals surface area contributed by atoms with Crippen molar-refractivity contribution in [3.05, 3.63) is 23.3 Å². The lowest BCUT2D eigenvalue weighted by atomic mass is 10.1. The van der Waals surface area contributed by atoms with E-state index >= 15 is 0 Å². The van der Waals surface area contributed by atoms with Crippen LogP contribution in [0.2, 0.25) is 0 Å². The van der Waals surface area contributed by atoms with Crippen LogP contribution in [0.15, 0.2) is 12.1 Å². The highest BCUT2D eigenvalue weighted by atomic mass is 16.5. The molecule has 0 amide bonds. The Morgan fingerprint density at radius 1 is 1.07 bits per heavy atom. The van der Waals surface area contributed by atoms with Crippen molar-refractivity contribution in [2.75, 3.05) is 14.2 Å². The van der Waals surface area contributed by atoms with Crippen LogP contribution in [-0.4, -0.2) is 14.2 Å². The number of ether oxygens (including phenoxy) is 2. The topological polar surface area (TPSA) is 18.5 Å². The van der Waals surface area contributed by atoms with Gasteiger partial charge in [-0.05, 0) is 24.5 Å². The average Bonchev–Trinajstić information content (AvgIpc) is 2.20. The second-order valence-corrected chi connectivity index (χ2v) is 3.36. The van der Waals surface area contributed by atoms with Gasteiger partial charge in [0, 0.05) is 0 Å². The van der Waals surface area contributed by atoms with Crippen molar-refractivity contribution in [1.82, 2.24) is 0 Å². The summed E-state index contributed by atoms with van der Waals surface area (Å²) in [6, 6.07) is 4.19. The van der Waals surface area contributed by atoms with E-state index in [0.717, 1.165) is 29.9 Å². The predicted molar refractivity (Wildman–Crippen MR) is 58.3 cm³/mol. The van der Waals surface area contributed by atoms with Crippen LogP contribution in [0, 0.1) is 6.92 Å². The SMILES string of the molecule is CCCc1ccc(C)c(OC)c1OC. The molecule has 1 rings (SSSR count). The third-order valence-corrected chi connectivity index (χ3v) is 2.32. The molecule has 0 saturated heterocycles. The van der Waals surface area contributed by atoms with E-state index in [4.69, 9.17) is 9.47 Å². The quantitative estimate of drug-likeness (QED) is 0.733.